The maximum atomic E-state index is 13.5. The van der Waals surface area contributed by atoms with Gasteiger partial charge >= 0.3 is 0 Å². The first-order chi connectivity index (χ1) is 16.0. The number of likely N-dealkylation sites (N-methyl/N-ethyl adjacent to an activating group) is 1. The van der Waals surface area contributed by atoms with Crippen LogP contribution in [0.25, 0.3) is 0 Å². The molecule has 0 aromatic heterocycles. The lowest BCUT2D eigenvalue weighted by Crippen LogP contribution is -2.52. The Balaban J connectivity index is 2.45. The summed E-state index contributed by atoms with van der Waals surface area (Å²) in [5.74, 6) is -0.942. The zero-order valence-corrected chi connectivity index (χ0v) is 20.5. The number of benzene rings is 2. The van der Waals surface area contributed by atoms with Crippen molar-refractivity contribution >= 4 is 33.2 Å². The minimum absolute atomic E-state index is 0.00797. The zero-order chi connectivity index (χ0) is 25.5. The molecule has 2 aromatic rings. The first kappa shape index (κ1) is 26.8. The topological polar surface area (TPSA) is 130 Å². The van der Waals surface area contributed by atoms with E-state index in [1.165, 1.54) is 23.1 Å². The quantitative estimate of drug-likeness (QED) is 0.381. The Labute approximate surface area is 199 Å². The first-order valence-electron chi connectivity index (χ1n) is 10.8. The van der Waals surface area contributed by atoms with E-state index in [1.54, 1.807) is 13.8 Å². The van der Waals surface area contributed by atoms with Gasteiger partial charge in [0, 0.05) is 25.2 Å². The van der Waals surface area contributed by atoms with E-state index in [9.17, 15) is 28.1 Å². The van der Waals surface area contributed by atoms with Gasteiger partial charge in [0.05, 0.1) is 16.9 Å². The van der Waals surface area contributed by atoms with E-state index >= 15 is 0 Å². The number of nitrogens with zero attached hydrogens (tertiary/aromatic N) is 3. The normalized spacial score (nSPS) is 12.0. The number of non-ortho nitro benzene ring substituents is 1. The van der Waals surface area contributed by atoms with E-state index in [1.807, 2.05) is 31.2 Å². The predicted octanol–water partition coefficient (Wildman–Crippen LogP) is 2.61. The number of carbonyl (C=O) groups is 2. The van der Waals surface area contributed by atoms with Crippen molar-refractivity contribution in [3.63, 3.8) is 0 Å². The standard InChI is InChI=1S/C23H30N4O6S/c1-5-21(23(29)24-6-2)25(15-18-12-10-17(3)11-13-18)22(28)16-26(34(4,32)33)19-8-7-9-20(14-19)27(30)31/h7-14,21H,5-6,15-16H2,1-4H3,(H,24,29). The van der Waals surface area contributed by atoms with Crippen LogP contribution in [0.1, 0.15) is 31.4 Å². The van der Waals surface area contributed by atoms with Gasteiger partial charge in [0.2, 0.25) is 21.8 Å². The molecule has 0 spiro atoms. The third kappa shape index (κ3) is 7.01. The van der Waals surface area contributed by atoms with Gasteiger partial charge in [-0.15, -0.1) is 0 Å². The molecule has 184 valence electrons. The maximum absolute atomic E-state index is 13.5. The minimum atomic E-state index is -3.97. The van der Waals surface area contributed by atoms with Crippen LogP contribution in [0.2, 0.25) is 0 Å². The smallest absolute Gasteiger partial charge is 0.271 e. The van der Waals surface area contributed by atoms with Crippen LogP contribution >= 0.6 is 0 Å². The van der Waals surface area contributed by atoms with Crippen LogP contribution in [-0.4, -0.2) is 55.4 Å². The van der Waals surface area contributed by atoms with E-state index in [4.69, 9.17) is 0 Å². The molecule has 1 unspecified atom stereocenters. The highest BCUT2D eigenvalue weighted by molar-refractivity contribution is 7.92. The lowest BCUT2D eigenvalue weighted by atomic mass is 10.1. The van der Waals surface area contributed by atoms with Crippen LogP contribution in [0.5, 0.6) is 0 Å². The second-order valence-electron chi connectivity index (χ2n) is 7.87. The van der Waals surface area contributed by atoms with Crippen LogP contribution in [0.4, 0.5) is 11.4 Å². The monoisotopic (exact) mass is 490 g/mol. The average molecular weight is 491 g/mol. The number of nitro benzene ring substituents is 1. The van der Waals surface area contributed by atoms with Gasteiger partial charge in [0.25, 0.3) is 5.69 Å². The third-order valence-corrected chi connectivity index (χ3v) is 6.36. The summed E-state index contributed by atoms with van der Waals surface area (Å²) in [5, 5.41) is 13.9. The van der Waals surface area contributed by atoms with Gasteiger partial charge in [0.1, 0.15) is 12.6 Å². The van der Waals surface area contributed by atoms with Gasteiger partial charge in [-0.2, -0.15) is 0 Å². The van der Waals surface area contributed by atoms with Crippen molar-refractivity contribution in [2.45, 2.75) is 39.8 Å². The molecule has 0 bridgehead atoms. The average Bonchev–Trinajstić information content (AvgIpc) is 2.78. The Kier molecular flexibility index (Phi) is 9.13. The van der Waals surface area contributed by atoms with Gasteiger partial charge < -0.3 is 10.2 Å². The molecule has 10 nitrogen and oxygen atoms in total. The molecule has 2 amide bonds. The summed E-state index contributed by atoms with van der Waals surface area (Å²) in [7, 11) is -3.97. The molecule has 0 saturated heterocycles. The molecule has 2 rings (SSSR count). The Bertz CT molecular complexity index is 1130. The Hall–Kier alpha value is -3.47. The van der Waals surface area contributed by atoms with Crippen molar-refractivity contribution in [2.75, 3.05) is 23.7 Å². The second-order valence-corrected chi connectivity index (χ2v) is 9.78. The number of nitro groups is 1. The van der Waals surface area contributed by atoms with Gasteiger partial charge in [-0.05, 0) is 31.9 Å². The molecule has 0 aliphatic carbocycles. The molecule has 1 atom stereocenters. The number of amides is 2. The molecule has 0 heterocycles. The molecule has 0 fully saturated rings. The summed E-state index contributed by atoms with van der Waals surface area (Å²) >= 11 is 0. The Morgan fingerprint density at radius 1 is 1.12 bits per heavy atom. The van der Waals surface area contributed by atoms with Gasteiger partial charge in [-0.1, -0.05) is 42.8 Å². The van der Waals surface area contributed by atoms with Crippen LogP contribution < -0.4 is 9.62 Å². The predicted molar refractivity (Wildman–Crippen MR) is 130 cm³/mol. The lowest BCUT2D eigenvalue weighted by Gasteiger charge is -2.32. The summed E-state index contributed by atoms with van der Waals surface area (Å²) in [4.78, 5) is 38.1. The van der Waals surface area contributed by atoms with Crippen molar-refractivity contribution in [1.29, 1.82) is 0 Å². The SMILES string of the molecule is CCNC(=O)C(CC)N(Cc1ccc(C)cc1)C(=O)CN(c1cccc([N+](=O)[O-])c1)S(C)(=O)=O. The summed E-state index contributed by atoms with van der Waals surface area (Å²) < 4.78 is 25.9. The number of sulfonamides is 1. The van der Waals surface area contributed by atoms with E-state index in [2.05, 4.69) is 5.32 Å². The Morgan fingerprint density at radius 2 is 1.76 bits per heavy atom. The molecule has 0 aliphatic rings. The highest BCUT2D eigenvalue weighted by Crippen LogP contribution is 2.24. The van der Waals surface area contributed by atoms with Crippen molar-refractivity contribution in [2.24, 2.45) is 0 Å². The number of carbonyl (C=O) groups excluding carboxylic acids is 2. The largest absolute Gasteiger partial charge is 0.355 e. The van der Waals surface area contributed by atoms with E-state index < -0.39 is 33.4 Å². The van der Waals surface area contributed by atoms with Gasteiger partial charge in [-0.25, -0.2) is 8.42 Å². The number of aryl methyl sites for hydroxylation is 1. The molecule has 2 aromatic carbocycles. The molecular weight excluding hydrogens is 460 g/mol. The first-order valence-corrected chi connectivity index (χ1v) is 12.7. The van der Waals surface area contributed by atoms with Crippen molar-refractivity contribution in [1.82, 2.24) is 10.2 Å². The molecule has 0 saturated carbocycles. The molecule has 0 radical (unpaired) electrons. The fourth-order valence-electron chi connectivity index (χ4n) is 3.48. The minimum Gasteiger partial charge on any atom is -0.355 e. The molecule has 1 N–H and O–H groups in total. The van der Waals surface area contributed by atoms with Crippen LogP contribution in [0.15, 0.2) is 48.5 Å². The summed E-state index contributed by atoms with van der Waals surface area (Å²) in [6.07, 6.45) is 1.24. The summed E-state index contributed by atoms with van der Waals surface area (Å²) in [6, 6.07) is 11.7. The summed E-state index contributed by atoms with van der Waals surface area (Å²) in [5.41, 5.74) is 1.50. The number of anilines is 1. The third-order valence-electron chi connectivity index (χ3n) is 5.22. The number of nitrogens with one attached hydrogen (secondary N) is 1. The number of rotatable bonds is 11. The lowest BCUT2D eigenvalue weighted by molar-refractivity contribution is -0.384. The van der Waals surface area contributed by atoms with E-state index in [0.29, 0.717) is 13.0 Å². The molecule has 0 aliphatic heterocycles. The van der Waals surface area contributed by atoms with Crippen LogP contribution in [-0.2, 0) is 26.2 Å². The molecule has 34 heavy (non-hydrogen) atoms. The summed E-state index contributed by atoms with van der Waals surface area (Å²) in [6.45, 7) is 5.34. The molecule has 11 heteroatoms. The van der Waals surface area contributed by atoms with Gasteiger partial charge in [-0.3, -0.25) is 24.0 Å². The maximum Gasteiger partial charge on any atom is 0.271 e. The van der Waals surface area contributed by atoms with E-state index in [-0.39, 0.29) is 23.8 Å². The van der Waals surface area contributed by atoms with E-state index in [0.717, 1.165) is 27.8 Å². The number of hydrogen-bond acceptors (Lipinski definition) is 6. The molecular formula is C23H30N4O6S. The van der Waals surface area contributed by atoms with Crippen LogP contribution in [0.3, 0.4) is 0 Å². The van der Waals surface area contributed by atoms with Crippen molar-refractivity contribution in [3.8, 4) is 0 Å². The fraction of sp³-hybridized carbons (Fsp3) is 0.391. The second kappa shape index (κ2) is 11.6. The zero-order valence-electron chi connectivity index (χ0n) is 19.7. The van der Waals surface area contributed by atoms with Gasteiger partial charge in [0.15, 0.2) is 0 Å². The Morgan fingerprint density at radius 3 is 2.29 bits per heavy atom. The van der Waals surface area contributed by atoms with Crippen LogP contribution in [0, 0.1) is 17.0 Å². The number of hydrogen-bond donors (Lipinski definition) is 1. The highest BCUT2D eigenvalue weighted by Gasteiger charge is 2.31. The fourth-order valence-corrected chi connectivity index (χ4v) is 4.32. The van der Waals surface area contributed by atoms with Crippen molar-refractivity contribution < 1.29 is 22.9 Å². The highest BCUT2D eigenvalue weighted by atomic mass is 32.2. The van der Waals surface area contributed by atoms with Crippen molar-refractivity contribution in [3.05, 3.63) is 69.8 Å².